The van der Waals surface area contributed by atoms with Gasteiger partial charge in [-0.1, -0.05) is 6.92 Å². The molecular weight excluding hydrogens is 227 g/mol. The van der Waals surface area contributed by atoms with Crippen LogP contribution < -0.4 is 0 Å². The Morgan fingerprint density at radius 1 is 1.38 bits per heavy atom. The van der Waals surface area contributed by atoms with Crippen molar-refractivity contribution in [1.82, 2.24) is 4.90 Å². The van der Waals surface area contributed by atoms with E-state index < -0.39 is 29.9 Å². The molecule has 0 unspecified atom stereocenters. The highest BCUT2D eigenvalue weighted by Gasteiger charge is 2.45. The Labute approximate surface area is 90.0 Å². The van der Waals surface area contributed by atoms with Gasteiger partial charge in [0.15, 0.2) is 0 Å². The molecule has 4 nitrogen and oxygen atoms in total. The van der Waals surface area contributed by atoms with Crippen molar-refractivity contribution in [2.45, 2.75) is 19.5 Å². The molecule has 1 aliphatic rings. The lowest BCUT2D eigenvalue weighted by Gasteiger charge is -2.35. The first kappa shape index (κ1) is 12.8. The summed E-state index contributed by atoms with van der Waals surface area (Å²) in [6.07, 6.45) is -4.81. The summed E-state index contributed by atoms with van der Waals surface area (Å²) in [5, 5.41) is 8.77. The number of carboxylic acids is 1. The first-order chi connectivity index (χ1) is 7.23. The minimum absolute atomic E-state index is 0.0678. The average molecular weight is 239 g/mol. The topological polar surface area (TPSA) is 57.6 Å². The predicted octanol–water partition coefficient (Wildman–Crippen LogP) is 1.12. The maximum Gasteiger partial charge on any atom is 0.471 e. The number of hydrogen-bond donors (Lipinski definition) is 1. The zero-order valence-electron chi connectivity index (χ0n) is 8.62. The number of nitrogens with zero attached hydrogens (tertiary/aromatic N) is 1. The fourth-order valence-electron chi connectivity index (χ4n) is 1.88. The Hall–Kier alpha value is -1.27. The van der Waals surface area contributed by atoms with Crippen LogP contribution in [0.4, 0.5) is 13.2 Å². The van der Waals surface area contributed by atoms with Crippen molar-refractivity contribution in [1.29, 1.82) is 0 Å². The zero-order valence-corrected chi connectivity index (χ0v) is 8.62. The molecule has 0 aromatic rings. The summed E-state index contributed by atoms with van der Waals surface area (Å²) < 4.78 is 36.3. The van der Waals surface area contributed by atoms with E-state index in [-0.39, 0.29) is 19.5 Å². The number of carboxylic acid groups (broad SMARTS) is 1. The Bertz CT molecular complexity index is 303. The molecule has 1 rings (SSSR count). The van der Waals surface area contributed by atoms with Gasteiger partial charge in [-0.05, 0) is 12.3 Å². The van der Waals surface area contributed by atoms with Crippen LogP contribution in [0.2, 0.25) is 0 Å². The summed E-state index contributed by atoms with van der Waals surface area (Å²) in [6.45, 7) is 1.23. The first-order valence-electron chi connectivity index (χ1n) is 4.82. The standard InChI is InChI=1S/C9H12F3NO3/c1-5-4-13(8(16)9(10,11)12)3-2-6(5)7(14)15/h5-6H,2-4H2,1H3,(H,14,15)/t5-,6+/m1/s1. The van der Waals surface area contributed by atoms with Crippen LogP contribution >= 0.6 is 0 Å². The Morgan fingerprint density at radius 2 is 1.94 bits per heavy atom. The SMILES string of the molecule is C[C@@H]1CN(C(=O)C(F)(F)F)CC[C@@H]1C(=O)O. The van der Waals surface area contributed by atoms with Crippen LogP contribution in [-0.2, 0) is 9.59 Å². The van der Waals surface area contributed by atoms with E-state index in [0.29, 0.717) is 4.90 Å². The largest absolute Gasteiger partial charge is 0.481 e. The molecule has 16 heavy (non-hydrogen) atoms. The number of piperidine rings is 1. The molecular formula is C9H12F3NO3. The second-order valence-corrected chi connectivity index (χ2v) is 3.96. The van der Waals surface area contributed by atoms with Crippen LogP contribution in [0, 0.1) is 11.8 Å². The monoisotopic (exact) mass is 239 g/mol. The molecule has 1 N–H and O–H groups in total. The summed E-state index contributed by atoms with van der Waals surface area (Å²) in [4.78, 5) is 22.3. The quantitative estimate of drug-likeness (QED) is 0.745. The van der Waals surface area contributed by atoms with Gasteiger partial charge in [0, 0.05) is 13.1 Å². The molecule has 1 fully saturated rings. The molecule has 0 aromatic heterocycles. The molecule has 0 saturated carbocycles. The van der Waals surface area contributed by atoms with Crippen molar-refractivity contribution in [2.24, 2.45) is 11.8 Å². The zero-order chi connectivity index (χ0) is 12.5. The predicted molar refractivity (Wildman–Crippen MR) is 47.5 cm³/mol. The minimum Gasteiger partial charge on any atom is -0.481 e. The second-order valence-electron chi connectivity index (χ2n) is 3.96. The first-order valence-corrected chi connectivity index (χ1v) is 4.82. The van der Waals surface area contributed by atoms with Crippen LogP contribution in [0.25, 0.3) is 0 Å². The fourth-order valence-corrected chi connectivity index (χ4v) is 1.88. The lowest BCUT2D eigenvalue weighted by atomic mass is 9.87. The minimum atomic E-state index is -4.88. The van der Waals surface area contributed by atoms with Crippen LogP contribution in [-0.4, -0.2) is 41.1 Å². The third-order valence-electron chi connectivity index (χ3n) is 2.75. The van der Waals surface area contributed by atoms with Crippen LogP contribution in [0.5, 0.6) is 0 Å². The lowest BCUT2D eigenvalue weighted by Crippen LogP contribution is -2.49. The van der Waals surface area contributed by atoms with Crippen molar-refractivity contribution >= 4 is 11.9 Å². The summed E-state index contributed by atoms with van der Waals surface area (Å²) in [7, 11) is 0. The van der Waals surface area contributed by atoms with Gasteiger partial charge in [0.1, 0.15) is 0 Å². The highest BCUT2D eigenvalue weighted by Crippen LogP contribution is 2.27. The molecule has 2 atom stereocenters. The summed E-state index contributed by atoms with van der Waals surface area (Å²) in [5.41, 5.74) is 0. The van der Waals surface area contributed by atoms with Gasteiger partial charge in [-0.15, -0.1) is 0 Å². The Morgan fingerprint density at radius 3 is 2.31 bits per heavy atom. The molecule has 0 bridgehead atoms. The van der Waals surface area contributed by atoms with Crippen molar-refractivity contribution in [3.63, 3.8) is 0 Å². The van der Waals surface area contributed by atoms with Crippen LogP contribution in [0.1, 0.15) is 13.3 Å². The smallest absolute Gasteiger partial charge is 0.471 e. The molecule has 92 valence electrons. The van der Waals surface area contributed by atoms with Gasteiger partial charge in [-0.25, -0.2) is 0 Å². The van der Waals surface area contributed by atoms with E-state index in [9.17, 15) is 22.8 Å². The normalized spacial score (nSPS) is 26.6. The summed E-state index contributed by atoms with van der Waals surface area (Å²) in [6, 6.07) is 0. The maximum atomic E-state index is 12.1. The number of carbonyl (C=O) groups excluding carboxylic acids is 1. The van der Waals surface area contributed by atoms with E-state index >= 15 is 0 Å². The number of hydrogen-bond acceptors (Lipinski definition) is 2. The third-order valence-corrected chi connectivity index (χ3v) is 2.75. The Kier molecular flexibility index (Phi) is 3.44. The second kappa shape index (κ2) is 4.31. The van der Waals surface area contributed by atoms with E-state index in [1.54, 1.807) is 0 Å². The van der Waals surface area contributed by atoms with E-state index in [1.165, 1.54) is 6.92 Å². The molecule has 0 spiro atoms. The highest BCUT2D eigenvalue weighted by atomic mass is 19.4. The summed E-state index contributed by atoms with van der Waals surface area (Å²) in [5.74, 6) is -4.04. The fraction of sp³-hybridized carbons (Fsp3) is 0.778. The van der Waals surface area contributed by atoms with Crippen LogP contribution in [0.3, 0.4) is 0 Å². The molecule has 0 aliphatic carbocycles. The van der Waals surface area contributed by atoms with E-state index in [2.05, 4.69) is 0 Å². The highest BCUT2D eigenvalue weighted by molar-refractivity contribution is 5.82. The Balaban J connectivity index is 2.65. The number of amides is 1. The average Bonchev–Trinajstić information content (AvgIpc) is 2.14. The third kappa shape index (κ3) is 2.65. The summed E-state index contributed by atoms with van der Waals surface area (Å²) >= 11 is 0. The van der Waals surface area contributed by atoms with Crippen molar-refractivity contribution in [3.05, 3.63) is 0 Å². The molecule has 0 radical (unpaired) electrons. The van der Waals surface area contributed by atoms with E-state index in [4.69, 9.17) is 5.11 Å². The van der Waals surface area contributed by atoms with Crippen LogP contribution in [0.15, 0.2) is 0 Å². The van der Waals surface area contributed by atoms with Crippen molar-refractivity contribution in [2.75, 3.05) is 13.1 Å². The van der Waals surface area contributed by atoms with E-state index in [1.807, 2.05) is 0 Å². The molecule has 1 saturated heterocycles. The number of aliphatic carboxylic acids is 1. The molecule has 7 heteroatoms. The van der Waals surface area contributed by atoms with Gasteiger partial charge in [0.2, 0.25) is 0 Å². The molecule has 1 aliphatic heterocycles. The van der Waals surface area contributed by atoms with Gasteiger partial charge in [0.25, 0.3) is 0 Å². The van der Waals surface area contributed by atoms with Crippen molar-refractivity contribution < 1.29 is 27.9 Å². The van der Waals surface area contributed by atoms with Gasteiger partial charge in [0.05, 0.1) is 5.92 Å². The number of likely N-dealkylation sites (tertiary alicyclic amines) is 1. The lowest BCUT2D eigenvalue weighted by molar-refractivity contribution is -0.188. The number of alkyl halides is 3. The van der Waals surface area contributed by atoms with E-state index in [0.717, 1.165) is 0 Å². The maximum absolute atomic E-state index is 12.1. The molecule has 1 heterocycles. The number of halogens is 3. The molecule has 0 aromatic carbocycles. The van der Waals surface area contributed by atoms with Gasteiger partial charge in [-0.3, -0.25) is 9.59 Å². The van der Waals surface area contributed by atoms with Crippen molar-refractivity contribution in [3.8, 4) is 0 Å². The van der Waals surface area contributed by atoms with Gasteiger partial charge in [-0.2, -0.15) is 13.2 Å². The number of rotatable bonds is 1. The molecule has 1 amide bonds. The van der Waals surface area contributed by atoms with Gasteiger partial charge >= 0.3 is 18.1 Å². The number of carbonyl (C=O) groups is 2. The van der Waals surface area contributed by atoms with Gasteiger partial charge < -0.3 is 10.0 Å².